The van der Waals surface area contributed by atoms with Crippen LogP contribution in [0.5, 0.6) is 0 Å². The van der Waals surface area contributed by atoms with Crippen LogP contribution in [-0.4, -0.2) is 74.9 Å². The molecule has 102 heavy (non-hydrogen) atoms. The van der Waals surface area contributed by atoms with Crippen molar-refractivity contribution < 1.29 is 42.1 Å². The van der Waals surface area contributed by atoms with E-state index in [0.717, 1.165) is 135 Å². The molecule has 0 bridgehead atoms. The van der Waals surface area contributed by atoms with Crippen LogP contribution in [0.4, 0.5) is 0 Å². The number of nitrogens with zero attached hydrogens (tertiary/aromatic N) is 1. The highest BCUT2D eigenvalue weighted by Crippen LogP contribution is 2.43. The first kappa shape index (κ1) is 97.1. The van der Waals surface area contributed by atoms with Crippen LogP contribution in [0.1, 0.15) is 335 Å². The van der Waals surface area contributed by atoms with Gasteiger partial charge in [0.15, 0.2) is 6.10 Å². The fourth-order valence-corrected chi connectivity index (χ4v) is 11.9. The van der Waals surface area contributed by atoms with Crippen LogP contribution >= 0.6 is 7.82 Å². The van der Waals surface area contributed by atoms with E-state index in [1.165, 1.54) is 167 Å². The lowest BCUT2D eigenvalue weighted by Gasteiger charge is -2.24. The molecule has 0 saturated carbocycles. The number of carbonyl (C=O) groups excluding carboxylic acids is 2. The van der Waals surface area contributed by atoms with Crippen LogP contribution in [0.15, 0.2) is 182 Å². The Bertz CT molecular complexity index is 2390. The van der Waals surface area contributed by atoms with E-state index in [1.54, 1.807) is 0 Å². The van der Waals surface area contributed by atoms with E-state index in [4.69, 9.17) is 18.5 Å². The number of phosphoric ester groups is 1. The van der Waals surface area contributed by atoms with Gasteiger partial charge in [-0.05, 0) is 135 Å². The first-order valence-corrected chi connectivity index (χ1v) is 43.0. The summed E-state index contributed by atoms with van der Waals surface area (Å²) in [6.07, 6.45) is 123. The number of ether oxygens (including phenoxy) is 2. The molecule has 580 valence electrons. The monoisotopic (exact) mass is 1430 g/mol. The molecule has 9 nitrogen and oxygen atoms in total. The van der Waals surface area contributed by atoms with E-state index in [-0.39, 0.29) is 32.0 Å². The molecule has 1 N–H and O–H groups in total. The third-order valence-corrected chi connectivity index (χ3v) is 18.4. The molecule has 10 heteroatoms. The first-order valence-electron chi connectivity index (χ1n) is 41.5. The first-order chi connectivity index (χ1) is 50.0. The number of hydrogen-bond acceptors (Lipinski definition) is 7. The summed E-state index contributed by atoms with van der Waals surface area (Å²) in [6, 6.07) is 0. The summed E-state index contributed by atoms with van der Waals surface area (Å²) in [5.74, 6) is -0.795. The number of quaternary nitrogens is 1. The van der Waals surface area contributed by atoms with Gasteiger partial charge in [0, 0.05) is 12.8 Å². The minimum absolute atomic E-state index is 0.0261. The predicted molar refractivity (Wildman–Crippen MR) is 445 cm³/mol. The van der Waals surface area contributed by atoms with Crippen molar-refractivity contribution in [3.05, 3.63) is 182 Å². The van der Waals surface area contributed by atoms with Crippen molar-refractivity contribution in [3.8, 4) is 0 Å². The molecule has 0 aliphatic rings. The average Bonchev–Trinajstić information content (AvgIpc) is 0.916. The van der Waals surface area contributed by atoms with Gasteiger partial charge in [0.2, 0.25) is 0 Å². The van der Waals surface area contributed by atoms with Gasteiger partial charge in [-0.15, -0.1) is 0 Å². The molecule has 0 fully saturated rings. The Balaban J connectivity index is 3.99. The topological polar surface area (TPSA) is 108 Å². The van der Waals surface area contributed by atoms with Crippen LogP contribution in [-0.2, 0) is 32.7 Å². The van der Waals surface area contributed by atoms with Crippen LogP contribution in [0.3, 0.4) is 0 Å². The van der Waals surface area contributed by atoms with Crippen LogP contribution in [0.25, 0.3) is 0 Å². The maximum Gasteiger partial charge on any atom is 0.472 e. The Morgan fingerprint density at radius 1 is 0.304 bits per heavy atom. The van der Waals surface area contributed by atoms with Gasteiger partial charge in [-0.25, -0.2) is 4.57 Å². The summed E-state index contributed by atoms with van der Waals surface area (Å²) in [6.45, 7) is 4.22. The lowest BCUT2D eigenvalue weighted by molar-refractivity contribution is -0.870. The number of phosphoric acid groups is 1. The average molecular weight is 1430 g/mol. The van der Waals surface area contributed by atoms with Crippen LogP contribution in [0, 0.1) is 0 Å². The number of allylic oxidation sites excluding steroid dienone is 30. The highest BCUT2D eigenvalue weighted by atomic mass is 31.2. The molecular weight excluding hydrogens is 1280 g/mol. The molecule has 0 heterocycles. The normalized spacial score (nSPS) is 14.0. The smallest absolute Gasteiger partial charge is 0.462 e. The Morgan fingerprint density at radius 2 is 0.529 bits per heavy atom. The van der Waals surface area contributed by atoms with Gasteiger partial charge in [-0.2, -0.15) is 0 Å². The molecule has 0 aromatic rings. The van der Waals surface area contributed by atoms with Gasteiger partial charge in [0.25, 0.3) is 0 Å². The van der Waals surface area contributed by atoms with E-state index >= 15 is 0 Å². The Kier molecular flexibility index (Phi) is 76.4. The number of likely N-dealkylation sites (N-methyl/N-ethyl adjacent to an activating group) is 1. The maximum atomic E-state index is 12.9. The molecule has 2 atom stereocenters. The van der Waals surface area contributed by atoms with E-state index in [0.29, 0.717) is 17.4 Å². The fourth-order valence-electron chi connectivity index (χ4n) is 11.2. The molecule has 0 radical (unpaired) electrons. The van der Waals surface area contributed by atoms with Gasteiger partial charge < -0.3 is 18.9 Å². The zero-order valence-corrected chi connectivity index (χ0v) is 67.2. The van der Waals surface area contributed by atoms with Crippen molar-refractivity contribution in [1.82, 2.24) is 0 Å². The lowest BCUT2D eigenvalue weighted by Crippen LogP contribution is -2.37. The quantitative estimate of drug-likeness (QED) is 0.0211. The number of hydrogen-bond donors (Lipinski definition) is 1. The second kappa shape index (κ2) is 80.2. The Hall–Kier alpha value is -4.89. The van der Waals surface area contributed by atoms with Crippen molar-refractivity contribution in [2.75, 3.05) is 47.5 Å². The summed E-state index contributed by atoms with van der Waals surface area (Å²) >= 11 is 0. The lowest BCUT2D eigenvalue weighted by atomic mass is 10.0. The molecule has 2 unspecified atom stereocenters. The van der Waals surface area contributed by atoms with Gasteiger partial charge in [-0.1, -0.05) is 369 Å². The minimum Gasteiger partial charge on any atom is -0.462 e. The molecule has 0 rings (SSSR count). The summed E-state index contributed by atoms with van der Waals surface area (Å²) < 4.78 is 34.9. The summed E-state index contributed by atoms with van der Waals surface area (Å²) in [5, 5.41) is 0. The number of carbonyl (C=O) groups is 2. The van der Waals surface area contributed by atoms with Crippen molar-refractivity contribution >= 4 is 19.8 Å². The van der Waals surface area contributed by atoms with Gasteiger partial charge in [0.1, 0.15) is 19.8 Å². The minimum atomic E-state index is -4.41. The SMILES string of the molecule is CC/C=C\C/C=C\C/C=C\C/C=C\C/C=C\C/C=C\C/C=C\C/C=C\CCCCCCCCCCCCCCCCCCC(=O)OC(COC(=O)CCCCCCCCCCCCCCCCC/C=C\C/C=C\C/C=C\C/C=C\C/C=C\C/C=C\C/C=C\CC)COP(=O)(O)OCC[N+](C)(C)C. The summed E-state index contributed by atoms with van der Waals surface area (Å²) in [7, 11) is 1.47. The number of unbranched alkanes of at least 4 members (excludes halogenated alkanes) is 31. The molecule has 0 saturated heterocycles. The van der Waals surface area contributed by atoms with Crippen molar-refractivity contribution in [3.63, 3.8) is 0 Å². The van der Waals surface area contributed by atoms with Crippen LogP contribution < -0.4 is 0 Å². The standard InChI is InChI=1S/C92H154NO8P/c1-6-8-10-12-14-16-18-20-22-24-26-28-30-32-34-36-38-40-42-44-45-46-47-49-51-53-55-57-59-61-63-65-67-69-71-73-75-77-79-81-83-85-92(95)101-90(89-100-102(96,97)99-87-86-93(3,4)5)88-98-91(94)84-82-80-78-76-74-72-70-68-66-64-62-60-58-56-54-52-50-48-43-41-39-37-35-33-31-29-27-25-23-21-19-17-15-13-11-9-7-2/h8-11,14-17,20-23,26-29,32-35,38-41,44-45,47-50,90H,6-7,12-13,18-19,24-25,30-31,36-37,42-43,46,51-89H2,1-5H3/p+1/b10-8-,11-9-,16-14-,17-15-,22-20-,23-21-,28-26-,29-27-,34-32-,35-33-,40-38-,41-39-,45-44-,49-47-,50-48-. The Labute approximate surface area is 629 Å². The van der Waals surface area contributed by atoms with E-state index < -0.39 is 26.5 Å². The van der Waals surface area contributed by atoms with Crippen molar-refractivity contribution in [2.45, 2.75) is 341 Å². The largest absolute Gasteiger partial charge is 0.472 e. The Morgan fingerprint density at radius 3 is 0.784 bits per heavy atom. The molecule has 0 aromatic carbocycles. The third kappa shape index (κ3) is 84.1. The molecule has 0 spiro atoms. The summed E-state index contributed by atoms with van der Waals surface area (Å²) in [5.41, 5.74) is 0. The van der Waals surface area contributed by atoms with Gasteiger partial charge >= 0.3 is 19.8 Å². The zero-order valence-electron chi connectivity index (χ0n) is 66.3. The summed E-state index contributed by atoms with van der Waals surface area (Å²) in [4.78, 5) is 36.0. The number of rotatable bonds is 75. The maximum absolute atomic E-state index is 12.9. The predicted octanol–water partition coefficient (Wildman–Crippen LogP) is 28.2. The molecular formula is C92H155NO8P+. The fraction of sp³-hybridized carbons (Fsp3) is 0.652. The molecule has 0 amide bonds. The second-order valence-corrected chi connectivity index (χ2v) is 29.8. The third-order valence-electron chi connectivity index (χ3n) is 17.4. The van der Waals surface area contributed by atoms with E-state index in [9.17, 15) is 19.0 Å². The van der Waals surface area contributed by atoms with Crippen molar-refractivity contribution in [1.29, 1.82) is 0 Å². The molecule has 0 aromatic heterocycles. The second-order valence-electron chi connectivity index (χ2n) is 28.4. The zero-order chi connectivity index (χ0) is 74.0. The highest BCUT2D eigenvalue weighted by Gasteiger charge is 2.27. The van der Waals surface area contributed by atoms with Gasteiger partial charge in [0.05, 0.1) is 27.7 Å². The van der Waals surface area contributed by atoms with Crippen LogP contribution in [0.2, 0.25) is 0 Å². The van der Waals surface area contributed by atoms with Crippen molar-refractivity contribution in [2.24, 2.45) is 0 Å². The van der Waals surface area contributed by atoms with E-state index in [1.807, 2.05) is 21.1 Å². The number of esters is 2. The van der Waals surface area contributed by atoms with Gasteiger partial charge in [-0.3, -0.25) is 18.6 Å². The van der Waals surface area contributed by atoms with E-state index in [2.05, 4.69) is 196 Å². The molecule has 0 aliphatic carbocycles. The highest BCUT2D eigenvalue weighted by molar-refractivity contribution is 7.47. The molecule has 0 aliphatic heterocycles.